The lowest BCUT2D eigenvalue weighted by Crippen LogP contribution is -1.77. The van der Waals surface area contributed by atoms with Crippen molar-refractivity contribution < 1.29 is 4.74 Å². The molecule has 0 fully saturated rings. The molecular weight excluding hydrogens is 190 g/mol. The fourth-order valence-electron chi connectivity index (χ4n) is 0.333. The molecule has 44 valence electrons. The molecule has 0 unspecified atom stereocenters. The van der Waals surface area contributed by atoms with E-state index in [1.165, 1.54) is 11.3 Å². The van der Waals surface area contributed by atoms with Crippen LogP contribution >= 0.6 is 27.3 Å². The number of ether oxygens (including phenoxy) is 1. The van der Waals surface area contributed by atoms with Crippen LogP contribution in [-0.2, 0) is 0 Å². The number of nitrogens with zero attached hydrogens (tertiary/aromatic N) is 1. The van der Waals surface area contributed by atoms with E-state index >= 15 is 0 Å². The highest BCUT2D eigenvalue weighted by molar-refractivity contribution is 9.10. The minimum atomic E-state index is 0.692. The molecule has 0 bridgehead atoms. The molecular formula is C4H4BrNOS. The summed E-state index contributed by atoms with van der Waals surface area (Å²) in [6.07, 6.45) is 0. The van der Waals surface area contributed by atoms with Crippen LogP contribution in [0.1, 0.15) is 0 Å². The van der Waals surface area contributed by atoms with Crippen molar-refractivity contribution in [3.8, 4) is 5.19 Å². The van der Waals surface area contributed by atoms with Crippen LogP contribution in [0.3, 0.4) is 0 Å². The number of aromatic nitrogens is 1. The standard InChI is InChI=1S/C4H4BrNOS/c1-7-4-6-3(5)2-8-4/h2H,1H3. The lowest BCUT2D eigenvalue weighted by molar-refractivity contribution is 0.411. The van der Waals surface area contributed by atoms with Crippen molar-refractivity contribution in [1.29, 1.82) is 0 Å². The third kappa shape index (κ3) is 1.20. The number of methoxy groups -OCH3 is 1. The second-order valence-electron chi connectivity index (χ2n) is 1.14. The van der Waals surface area contributed by atoms with E-state index < -0.39 is 0 Å². The molecule has 8 heavy (non-hydrogen) atoms. The molecule has 0 aliphatic heterocycles. The predicted octanol–water partition coefficient (Wildman–Crippen LogP) is 1.91. The molecule has 0 amide bonds. The fraction of sp³-hybridized carbons (Fsp3) is 0.250. The Kier molecular flexibility index (Phi) is 1.85. The zero-order valence-electron chi connectivity index (χ0n) is 4.22. The van der Waals surface area contributed by atoms with E-state index in [1.807, 2.05) is 5.38 Å². The van der Waals surface area contributed by atoms with Gasteiger partial charge in [-0.3, -0.25) is 0 Å². The van der Waals surface area contributed by atoms with Crippen molar-refractivity contribution in [1.82, 2.24) is 4.98 Å². The number of rotatable bonds is 1. The molecule has 4 heteroatoms. The second kappa shape index (κ2) is 2.46. The topological polar surface area (TPSA) is 22.1 Å². The van der Waals surface area contributed by atoms with Crippen molar-refractivity contribution in [2.75, 3.05) is 7.11 Å². The van der Waals surface area contributed by atoms with Crippen LogP contribution in [0.25, 0.3) is 0 Å². The minimum absolute atomic E-state index is 0.692. The molecule has 0 N–H and O–H groups in total. The predicted molar refractivity (Wildman–Crippen MR) is 36.4 cm³/mol. The van der Waals surface area contributed by atoms with Gasteiger partial charge in [0.1, 0.15) is 4.60 Å². The molecule has 0 aromatic carbocycles. The largest absolute Gasteiger partial charge is 0.473 e. The van der Waals surface area contributed by atoms with Gasteiger partial charge < -0.3 is 4.74 Å². The average molecular weight is 194 g/mol. The monoisotopic (exact) mass is 193 g/mol. The number of hydrogen-bond acceptors (Lipinski definition) is 3. The SMILES string of the molecule is COc1nc(Br)cs1. The van der Waals surface area contributed by atoms with Crippen molar-refractivity contribution >= 4 is 27.3 Å². The summed E-state index contributed by atoms with van der Waals surface area (Å²) in [5, 5.41) is 2.57. The van der Waals surface area contributed by atoms with Crippen LogP contribution in [0, 0.1) is 0 Å². The van der Waals surface area contributed by atoms with Gasteiger partial charge in [0.05, 0.1) is 7.11 Å². The third-order valence-corrected chi connectivity index (χ3v) is 2.14. The van der Waals surface area contributed by atoms with Crippen molar-refractivity contribution in [2.45, 2.75) is 0 Å². The number of thiazole rings is 1. The first-order valence-electron chi connectivity index (χ1n) is 1.98. The van der Waals surface area contributed by atoms with Gasteiger partial charge in [-0.25, -0.2) is 0 Å². The van der Waals surface area contributed by atoms with Gasteiger partial charge in [0, 0.05) is 5.38 Å². The van der Waals surface area contributed by atoms with Crippen LogP contribution in [0.2, 0.25) is 0 Å². The second-order valence-corrected chi connectivity index (χ2v) is 2.77. The van der Waals surface area contributed by atoms with Gasteiger partial charge in [-0.2, -0.15) is 4.98 Å². The van der Waals surface area contributed by atoms with Crippen LogP contribution in [0.5, 0.6) is 5.19 Å². The maximum absolute atomic E-state index is 4.81. The van der Waals surface area contributed by atoms with Gasteiger partial charge >= 0.3 is 0 Å². The zero-order valence-corrected chi connectivity index (χ0v) is 6.62. The molecule has 0 radical (unpaired) electrons. The van der Waals surface area contributed by atoms with E-state index in [9.17, 15) is 0 Å². The summed E-state index contributed by atoms with van der Waals surface area (Å²) >= 11 is 4.66. The Balaban J connectivity index is 2.84. The van der Waals surface area contributed by atoms with Gasteiger partial charge in [-0.1, -0.05) is 11.3 Å². The van der Waals surface area contributed by atoms with E-state index in [0.717, 1.165) is 4.60 Å². The van der Waals surface area contributed by atoms with E-state index in [1.54, 1.807) is 7.11 Å². The summed E-state index contributed by atoms with van der Waals surface area (Å²) in [7, 11) is 1.60. The molecule has 0 atom stereocenters. The smallest absolute Gasteiger partial charge is 0.273 e. The molecule has 2 nitrogen and oxygen atoms in total. The molecule has 1 heterocycles. The Labute approximate surface area is 59.6 Å². The molecule has 0 saturated heterocycles. The first kappa shape index (κ1) is 6.04. The zero-order chi connectivity index (χ0) is 5.98. The number of hydrogen-bond donors (Lipinski definition) is 0. The summed E-state index contributed by atoms with van der Waals surface area (Å²) in [4.78, 5) is 3.94. The molecule has 1 rings (SSSR count). The highest BCUT2D eigenvalue weighted by Gasteiger charge is 1.94. The van der Waals surface area contributed by atoms with Crippen molar-refractivity contribution in [2.24, 2.45) is 0 Å². The van der Waals surface area contributed by atoms with Crippen molar-refractivity contribution in [3.05, 3.63) is 9.98 Å². The van der Waals surface area contributed by atoms with E-state index in [-0.39, 0.29) is 0 Å². The van der Waals surface area contributed by atoms with Crippen LogP contribution in [-0.4, -0.2) is 12.1 Å². The van der Waals surface area contributed by atoms with Crippen LogP contribution in [0.4, 0.5) is 0 Å². The quantitative estimate of drug-likeness (QED) is 0.681. The highest BCUT2D eigenvalue weighted by atomic mass is 79.9. The summed E-state index contributed by atoms with van der Waals surface area (Å²) in [6, 6.07) is 0. The lowest BCUT2D eigenvalue weighted by Gasteiger charge is -1.84. The van der Waals surface area contributed by atoms with Crippen molar-refractivity contribution in [3.63, 3.8) is 0 Å². The molecule has 0 saturated carbocycles. The Hall–Kier alpha value is -0.0900. The summed E-state index contributed by atoms with van der Waals surface area (Å²) < 4.78 is 5.65. The van der Waals surface area contributed by atoms with Gasteiger partial charge in [0.25, 0.3) is 5.19 Å². The summed E-state index contributed by atoms with van der Waals surface area (Å²) in [5.41, 5.74) is 0. The van der Waals surface area contributed by atoms with E-state index in [4.69, 9.17) is 4.74 Å². The Morgan fingerprint density at radius 1 is 1.88 bits per heavy atom. The highest BCUT2D eigenvalue weighted by Crippen LogP contribution is 2.20. The minimum Gasteiger partial charge on any atom is -0.473 e. The van der Waals surface area contributed by atoms with E-state index in [2.05, 4.69) is 20.9 Å². The normalized spacial score (nSPS) is 9.25. The van der Waals surface area contributed by atoms with Gasteiger partial charge in [-0.15, -0.1) is 0 Å². The van der Waals surface area contributed by atoms with Gasteiger partial charge in [0.15, 0.2) is 0 Å². The van der Waals surface area contributed by atoms with Crippen LogP contribution < -0.4 is 4.74 Å². The maximum atomic E-state index is 4.81. The molecule has 0 aliphatic carbocycles. The Morgan fingerprint density at radius 2 is 2.62 bits per heavy atom. The Bertz CT molecular complexity index is 176. The maximum Gasteiger partial charge on any atom is 0.273 e. The fourth-order valence-corrected chi connectivity index (χ4v) is 1.39. The Morgan fingerprint density at radius 3 is 2.88 bits per heavy atom. The third-order valence-electron chi connectivity index (χ3n) is 0.630. The van der Waals surface area contributed by atoms with Crippen LogP contribution in [0.15, 0.2) is 9.98 Å². The molecule has 0 aliphatic rings. The molecule has 1 aromatic heterocycles. The summed E-state index contributed by atoms with van der Waals surface area (Å²) in [6.45, 7) is 0. The van der Waals surface area contributed by atoms with E-state index in [0.29, 0.717) is 5.19 Å². The molecule has 0 spiro atoms. The summed E-state index contributed by atoms with van der Waals surface area (Å²) in [5.74, 6) is 0. The number of halogens is 1. The lowest BCUT2D eigenvalue weighted by atomic mass is 11.0. The van der Waals surface area contributed by atoms with Gasteiger partial charge in [0.2, 0.25) is 0 Å². The average Bonchev–Trinajstić information content (AvgIpc) is 2.14. The molecule has 1 aromatic rings. The first-order chi connectivity index (χ1) is 3.83. The first-order valence-corrected chi connectivity index (χ1v) is 3.65. The van der Waals surface area contributed by atoms with Gasteiger partial charge in [-0.05, 0) is 15.9 Å².